The molecule has 0 radical (unpaired) electrons. The largest absolute Gasteiger partial charge is 0.358 e. The van der Waals surface area contributed by atoms with Crippen molar-refractivity contribution < 1.29 is 22.8 Å². The summed E-state index contributed by atoms with van der Waals surface area (Å²) in [7, 11) is 0. The molecule has 1 aromatic heterocycles. The molecule has 1 aromatic carbocycles. The van der Waals surface area contributed by atoms with E-state index in [1.165, 1.54) is 29.2 Å². The number of nitrogens with zero attached hydrogens (tertiary/aromatic N) is 1. The SMILES string of the molecule is Cc1cc(NC(=O)c2ccc(C(F)(F)C(=O)N3CCC(C)CC3)s2)ccc1F. The number of nitrogens with one attached hydrogen (secondary N) is 1. The maximum atomic E-state index is 14.7. The van der Waals surface area contributed by atoms with Crippen LogP contribution < -0.4 is 5.32 Å². The van der Waals surface area contributed by atoms with Crippen LogP contribution in [0.2, 0.25) is 0 Å². The Bertz CT molecular complexity index is 889. The van der Waals surface area contributed by atoms with Gasteiger partial charge in [-0.3, -0.25) is 9.59 Å². The lowest BCUT2D eigenvalue weighted by Gasteiger charge is -2.32. The molecule has 1 aliphatic heterocycles. The number of alkyl halides is 2. The molecule has 0 saturated carbocycles. The molecule has 2 amide bonds. The molecule has 0 aliphatic carbocycles. The van der Waals surface area contributed by atoms with Gasteiger partial charge in [-0.05, 0) is 61.6 Å². The summed E-state index contributed by atoms with van der Waals surface area (Å²) in [6.07, 6.45) is 1.41. The van der Waals surface area contributed by atoms with Gasteiger partial charge in [0.25, 0.3) is 11.8 Å². The second-order valence-corrected chi connectivity index (χ2v) is 8.21. The fraction of sp³-hybridized carbons (Fsp3) is 0.400. The first-order chi connectivity index (χ1) is 13.2. The molecule has 0 atom stereocenters. The van der Waals surface area contributed by atoms with E-state index in [-0.39, 0.29) is 4.88 Å². The van der Waals surface area contributed by atoms with E-state index in [1.807, 2.05) is 6.92 Å². The minimum atomic E-state index is -3.67. The number of benzene rings is 1. The number of carbonyl (C=O) groups excluding carboxylic acids is 2. The molecule has 3 rings (SSSR count). The summed E-state index contributed by atoms with van der Waals surface area (Å²) in [5.74, 6) is -5.46. The number of amides is 2. The summed E-state index contributed by atoms with van der Waals surface area (Å²) in [6.45, 7) is 4.23. The molecular weight excluding hydrogens is 389 g/mol. The monoisotopic (exact) mass is 410 g/mol. The Labute approximate surface area is 165 Å². The van der Waals surface area contributed by atoms with Gasteiger partial charge in [0.05, 0.1) is 9.75 Å². The molecular formula is C20H21F3N2O2S. The van der Waals surface area contributed by atoms with Crippen LogP contribution in [0, 0.1) is 18.7 Å². The molecule has 28 heavy (non-hydrogen) atoms. The molecule has 8 heteroatoms. The van der Waals surface area contributed by atoms with E-state index in [2.05, 4.69) is 5.32 Å². The lowest BCUT2D eigenvalue weighted by molar-refractivity contribution is -0.159. The molecule has 1 fully saturated rings. The van der Waals surface area contributed by atoms with E-state index in [1.54, 1.807) is 6.92 Å². The van der Waals surface area contributed by atoms with Crippen LogP contribution in [-0.2, 0) is 10.7 Å². The third-order valence-corrected chi connectivity index (χ3v) is 6.05. The lowest BCUT2D eigenvalue weighted by atomic mass is 9.99. The second-order valence-electron chi connectivity index (χ2n) is 7.13. The minimum Gasteiger partial charge on any atom is -0.337 e. The number of rotatable bonds is 4. The van der Waals surface area contributed by atoms with Crippen molar-refractivity contribution in [3.05, 3.63) is 51.5 Å². The third-order valence-electron chi connectivity index (χ3n) is 4.89. The molecule has 1 saturated heterocycles. The summed E-state index contributed by atoms with van der Waals surface area (Å²) >= 11 is 0.584. The van der Waals surface area contributed by atoms with Crippen molar-refractivity contribution in [1.82, 2.24) is 4.90 Å². The van der Waals surface area contributed by atoms with E-state index in [9.17, 15) is 22.8 Å². The molecule has 0 unspecified atom stereocenters. The number of anilines is 1. The predicted octanol–water partition coefficient (Wildman–Crippen LogP) is 4.80. The minimum absolute atomic E-state index is 0.0525. The fourth-order valence-corrected chi connectivity index (χ4v) is 3.93. The highest BCUT2D eigenvalue weighted by molar-refractivity contribution is 7.14. The Morgan fingerprint density at radius 1 is 1.18 bits per heavy atom. The van der Waals surface area contributed by atoms with E-state index >= 15 is 0 Å². The highest BCUT2D eigenvalue weighted by Crippen LogP contribution is 2.36. The number of hydrogen-bond donors (Lipinski definition) is 1. The zero-order chi connectivity index (χ0) is 20.5. The smallest absolute Gasteiger partial charge is 0.337 e. The van der Waals surface area contributed by atoms with Gasteiger partial charge in [0.1, 0.15) is 5.82 Å². The van der Waals surface area contributed by atoms with Crippen molar-refractivity contribution in [1.29, 1.82) is 0 Å². The molecule has 2 aromatic rings. The van der Waals surface area contributed by atoms with Gasteiger partial charge in [0.2, 0.25) is 0 Å². The average Bonchev–Trinajstić information content (AvgIpc) is 3.16. The molecule has 2 heterocycles. The van der Waals surface area contributed by atoms with Gasteiger partial charge in [-0.25, -0.2) is 4.39 Å². The summed E-state index contributed by atoms with van der Waals surface area (Å²) in [6, 6.07) is 6.45. The van der Waals surface area contributed by atoms with Gasteiger partial charge < -0.3 is 10.2 Å². The molecule has 150 valence electrons. The predicted molar refractivity (Wildman–Crippen MR) is 102 cm³/mol. The van der Waals surface area contributed by atoms with E-state index in [0.29, 0.717) is 54.4 Å². The van der Waals surface area contributed by atoms with Crippen molar-refractivity contribution in [3.8, 4) is 0 Å². The zero-order valence-electron chi connectivity index (χ0n) is 15.6. The Morgan fingerprint density at radius 2 is 1.86 bits per heavy atom. The average molecular weight is 410 g/mol. The first kappa shape index (κ1) is 20.4. The standard InChI is InChI=1S/C20H21F3N2O2S/c1-12-7-9-25(10-8-12)19(27)20(22,23)17-6-5-16(28-17)18(26)24-14-3-4-15(21)13(2)11-14/h3-6,11-12H,7-10H2,1-2H3,(H,24,26). The second kappa shape index (κ2) is 7.95. The topological polar surface area (TPSA) is 49.4 Å². The number of aryl methyl sites for hydroxylation is 1. The van der Waals surface area contributed by atoms with Gasteiger partial charge >= 0.3 is 5.92 Å². The molecule has 0 bridgehead atoms. The first-order valence-electron chi connectivity index (χ1n) is 9.03. The summed E-state index contributed by atoms with van der Waals surface area (Å²) in [5, 5.41) is 2.55. The van der Waals surface area contributed by atoms with Crippen molar-refractivity contribution in [2.75, 3.05) is 18.4 Å². The maximum absolute atomic E-state index is 14.7. The van der Waals surface area contributed by atoms with Crippen molar-refractivity contribution in [3.63, 3.8) is 0 Å². The van der Waals surface area contributed by atoms with Crippen molar-refractivity contribution >= 4 is 28.8 Å². The normalized spacial score (nSPS) is 15.5. The van der Waals surface area contributed by atoms with E-state index < -0.39 is 28.4 Å². The van der Waals surface area contributed by atoms with E-state index in [0.717, 1.165) is 6.07 Å². The van der Waals surface area contributed by atoms with Crippen molar-refractivity contribution in [2.45, 2.75) is 32.6 Å². The van der Waals surface area contributed by atoms with Crippen LogP contribution >= 0.6 is 11.3 Å². The van der Waals surface area contributed by atoms with Crippen LogP contribution in [0.25, 0.3) is 0 Å². The van der Waals surface area contributed by atoms with Crippen LogP contribution in [0.3, 0.4) is 0 Å². The number of carbonyl (C=O) groups is 2. The molecule has 1 aliphatic rings. The highest BCUT2D eigenvalue weighted by Gasteiger charge is 2.45. The molecule has 1 N–H and O–H groups in total. The van der Waals surface area contributed by atoms with Gasteiger partial charge in [0.15, 0.2) is 0 Å². The number of likely N-dealkylation sites (tertiary alicyclic amines) is 1. The summed E-state index contributed by atoms with van der Waals surface area (Å²) in [5.41, 5.74) is 0.724. The lowest BCUT2D eigenvalue weighted by Crippen LogP contribution is -2.45. The van der Waals surface area contributed by atoms with E-state index in [4.69, 9.17) is 0 Å². The molecule has 0 spiro atoms. The zero-order valence-corrected chi connectivity index (χ0v) is 16.4. The van der Waals surface area contributed by atoms with Gasteiger partial charge in [-0.1, -0.05) is 6.92 Å². The quantitative estimate of drug-likeness (QED) is 0.787. The van der Waals surface area contributed by atoms with Crippen LogP contribution in [0.4, 0.5) is 18.9 Å². The number of thiophene rings is 1. The Kier molecular flexibility index (Phi) is 5.79. The number of halogens is 3. The van der Waals surface area contributed by atoms with Gasteiger partial charge in [0, 0.05) is 18.8 Å². The summed E-state index contributed by atoms with van der Waals surface area (Å²) in [4.78, 5) is 25.4. The van der Waals surface area contributed by atoms with Crippen molar-refractivity contribution in [2.24, 2.45) is 5.92 Å². The number of piperidine rings is 1. The van der Waals surface area contributed by atoms with Gasteiger partial charge in [-0.2, -0.15) is 8.78 Å². The Balaban J connectivity index is 1.71. The first-order valence-corrected chi connectivity index (χ1v) is 9.85. The van der Waals surface area contributed by atoms with Crippen LogP contribution in [-0.4, -0.2) is 29.8 Å². The Morgan fingerprint density at radius 3 is 2.50 bits per heavy atom. The highest BCUT2D eigenvalue weighted by atomic mass is 32.1. The fourth-order valence-electron chi connectivity index (χ4n) is 3.06. The Hall–Kier alpha value is -2.35. The van der Waals surface area contributed by atoms with Crippen LogP contribution in [0.1, 0.15) is 39.9 Å². The summed E-state index contributed by atoms with van der Waals surface area (Å²) < 4.78 is 42.7. The van der Waals surface area contributed by atoms with Crippen LogP contribution in [0.5, 0.6) is 0 Å². The number of hydrogen-bond acceptors (Lipinski definition) is 3. The maximum Gasteiger partial charge on any atom is 0.358 e. The van der Waals surface area contributed by atoms with Gasteiger partial charge in [-0.15, -0.1) is 11.3 Å². The molecule has 4 nitrogen and oxygen atoms in total. The third kappa shape index (κ3) is 4.22. The van der Waals surface area contributed by atoms with Crippen LogP contribution in [0.15, 0.2) is 30.3 Å².